The van der Waals surface area contributed by atoms with Crippen LogP contribution in [0.1, 0.15) is 40.8 Å². The van der Waals surface area contributed by atoms with E-state index in [4.69, 9.17) is 21.1 Å². The van der Waals surface area contributed by atoms with Crippen LogP contribution in [-0.4, -0.2) is 51.9 Å². The Kier molecular flexibility index (Phi) is 7.73. The van der Waals surface area contributed by atoms with Crippen LogP contribution in [0.4, 0.5) is 0 Å². The SMILES string of the molecule is Cc1nn(C)c(Cl)c1CN1CCOc2ccc(CN3CCC(OCc4ccccc4)CC3)cc2C1. The molecule has 0 amide bonds. The minimum absolute atomic E-state index is 0.350. The Morgan fingerprint density at radius 1 is 1.00 bits per heavy atom. The fraction of sp³-hybridized carbons (Fsp3) is 0.464. The number of likely N-dealkylation sites (tertiary alicyclic amines) is 1. The van der Waals surface area contributed by atoms with E-state index in [1.807, 2.05) is 20.0 Å². The Bertz CT molecular complexity index is 1130. The molecule has 5 rings (SSSR count). The van der Waals surface area contributed by atoms with Gasteiger partial charge in [0.1, 0.15) is 17.5 Å². The average Bonchev–Trinajstić information content (AvgIpc) is 3.01. The standard InChI is InChI=1S/C28H35ClN4O2/c1-21-26(28(29)31(2)30-21)19-33-14-15-34-27-9-8-23(16-24(27)18-33)17-32-12-10-25(11-13-32)35-20-22-6-4-3-5-7-22/h3-9,16,25H,10-15,17-20H2,1-2H3. The molecule has 35 heavy (non-hydrogen) atoms. The second-order valence-corrected chi connectivity index (χ2v) is 10.1. The highest BCUT2D eigenvalue weighted by Gasteiger charge is 2.22. The lowest BCUT2D eigenvalue weighted by Crippen LogP contribution is -2.36. The van der Waals surface area contributed by atoms with Crippen molar-refractivity contribution >= 4 is 11.6 Å². The van der Waals surface area contributed by atoms with Gasteiger partial charge in [0.15, 0.2) is 0 Å². The van der Waals surface area contributed by atoms with E-state index < -0.39 is 0 Å². The Morgan fingerprint density at radius 2 is 1.80 bits per heavy atom. The molecule has 1 aromatic heterocycles. The summed E-state index contributed by atoms with van der Waals surface area (Å²) < 4.78 is 14.0. The van der Waals surface area contributed by atoms with E-state index in [0.29, 0.717) is 19.3 Å². The van der Waals surface area contributed by atoms with Gasteiger partial charge in [-0.1, -0.05) is 48.0 Å². The van der Waals surface area contributed by atoms with Crippen molar-refractivity contribution < 1.29 is 9.47 Å². The molecule has 0 N–H and O–H groups in total. The molecule has 3 aromatic rings. The number of fused-ring (bicyclic) bond motifs is 1. The van der Waals surface area contributed by atoms with E-state index >= 15 is 0 Å². The lowest BCUT2D eigenvalue weighted by atomic mass is 10.0. The first-order valence-corrected chi connectivity index (χ1v) is 13.0. The fourth-order valence-corrected chi connectivity index (χ4v) is 5.33. The molecule has 0 bridgehead atoms. The Morgan fingerprint density at radius 3 is 2.54 bits per heavy atom. The number of hydrogen-bond donors (Lipinski definition) is 0. The Balaban J connectivity index is 1.16. The van der Waals surface area contributed by atoms with Crippen LogP contribution in [0.25, 0.3) is 0 Å². The van der Waals surface area contributed by atoms with Crippen molar-refractivity contribution in [1.82, 2.24) is 19.6 Å². The van der Waals surface area contributed by atoms with Crippen LogP contribution in [0, 0.1) is 6.92 Å². The number of halogens is 1. The van der Waals surface area contributed by atoms with Crippen molar-refractivity contribution in [1.29, 1.82) is 0 Å². The predicted octanol–water partition coefficient (Wildman–Crippen LogP) is 4.96. The second kappa shape index (κ2) is 11.1. The minimum atomic E-state index is 0.350. The topological polar surface area (TPSA) is 42.8 Å². The third-order valence-corrected chi connectivity index (χ3v) is 7.58. The van der Waals surface area contributed by atoms with Crippen LogP contribution in [0.2, 0.25) is 5.15 Å². The Hall–Kier alpha value is -2.38. The fourth-order valence-electron chi connectivity index (χ4n) is 5.09. The molecule has 186 valence electrons. The molecule has 6 nitrogen and oxygen atoms in total. The molecule has 1 fully saturated rings. The summed E-state index contributed by atoms with van der Waals surface area (Å²) in [6, 6.07) is 17.1. The van der Waals surface area contributed by atoms with Crippen molar-refractivity contribution in [3.63, 3.8) is 0 Å². The molecular formula is C28H35ClN4O2. The second-order valence-electron chi connectivity index (χ2n) is 9.75. The first kappa shape index (κ1) is 24.3. The van der Waals surface area contributed by atoms with Crippen molar-refractivity contribution in [2.45, 2.75) is 52.1 Å². The molecular weight excluding hydrogens is 460 g/mol. The summed E-state index contributed by atoms with van der Waals surface area (Å²) in [7, 11) is 1.89. The van der Waals surface area contributed by atoms with Crippen molar-refractivity contribution in [2.24, 2.45) is 7.05 Å². The summed E-state index contributed by atoms with van der Waals surface area (Å²) in [5, 5.41) is 5.19. The molecule has 0 spiro atoms. The molecule has 7 heteroatoms. The largest absolute Gasteiger partial charge is 0.492 e. The number of ether oxygens (including phenoxy) is 2. The number of aryl methyl sites for hydroxylation is 2. The molecule has 0 unspecified atom stereocenters. The van der Waals surface area contributed by atoms with Gasteiger partial charge in [-0.05, 0) is 43.0 Å². The van der Waals surface area contributed by atoms with Crippen molar-refractivity contribution in [3.05, 3.63) is 81.6 Å². The van der Waals surface area contributed by atoms with Crippen LogP contribution in [-0.2, 0) is 38.0 Å². The number of benzene rings is 2. The number of aromatic nitrogens is 2. The summed E-state index contributed by atoms with van der Waals surface area (Å²) >= 11 is 6.50. The van der Waals surface area contributed by atoms with E-state index in [0.717, 1.165) is 74.3 Å². The molecule has 2 aliphatic heterocycles. The first-order valence-electron chi connectivity index (χ1n) is 12.6. The zero-order valence-electron chi connectivity index (χ0n) is 20.8. The molecule has 2 aromatic carbocycles. The number of rotatable bonds is 7. The van der Waals surface area contributed by atoms with E-state index in [2.05, 4.69) is 57.4 Å². The van der Waals surface area contributed by atoms with Gasteiger partial charge >= 0.3 is 0 Å². The summed E-state index contributed by atoms with van der Waals surface area (Å²) in [5.74, 6) is 0.998. The van der Waals surface area contributed by atoms with Gasteiger partial charge in [0.2, 0.25) is 0 Å². The maximum absolute atomic E-state index is 6.50. The number of hydrogen-bond acceptors (Lipinski definition) is 5. The van der Waals surface area contributed by atoms with E-state index in [1.54, 1.807) is 4.68 Å². The maximum Gasteiger partial charge on any atom is 0.131 e. The lowest BCUT2D eigenvalue weighted by molar-refractivity contribution is -0.00394. The van der Waals surface area contributed by atoms with Gasteiger partial charge in [-0.3, -0.25) is 14.5 Å². The van der Waals surface area contributed by atoms with Crippen LogP contribution in [0.3, 0.4) is 0 Å². The van der Waals surface area contributed by atoms with Gasteiger partial charge in [0, 0.05) is 57.4 Å². The van der Waals surface area contributed by atoms with Crippen molar-refractivity contribution in [3.8, 4) is 5.75 Å². The highest BCUT2D eigenvalue weighted by atomic mass is 35.5. The van der Waals surface area contributed by atoms with Crippen LogP contribution in [0.15, 0.2) is 48.5 Å². The smallest absolute Gasteiger partial charge is 0.131 e. The van der Waals surface area contributed by atoms with Gasteiger partial charge in [-0.15, -0.1) is 0 Å². The minimum Gasteiger partial charge on any atom is -0.492 e. The Labute approximate surface area is 213 Å². The zero-order chi connectivity index (χ0) is 24.2. The monoisotopic (exact) mass is 494 g/mol. The quantitative estimate of drug-likeness (QED) is 0.464. The molecule has 0 aliphatic carbocycles. The third kappa shape index (κ3) is 6.07. The number of piperidine rings is 1. The highest BCUT2D eigenvalue weighted by Crippen LogP contribution is 2.28. The maximum atomic E-state index is 6.50. The molecule has 0 saturated carbocycles. The number of nitrogens with zero attached hydrogens (tertiary/aromatic N) is 4. The van der Waals surface area contributed by atoms with Gasteiger partial charge in [-0.25, -0.2) is 0 Å². The summed E-state index contributed by atoms with van der Waals surface area (Å²) in [6.45, 7) is 9.01. The molecule has 3 heterocycles. The predicted molar refractivity (Wildman–Crippen MR) is 139 cm³/mol. The van der Waals surface area contributed by atoms with Crippen LogP contribution >= 0.6 is 11.6 Å². The molecule has 1 saturated heterocycles. The van der Waals surface area contributed by atoms with Crippen LogP contribution in [0.5, 0.6) is 5.75 Å². The van der Waals surface area contributed by atoms with E-state index in [-0.39, 0.29) is 0 Å². The summed E-state index contributed by atoms with van der Waals surface area (Å²) in [6.07, 6.45) is 2.52. The summed E-state index contributed by atoms with van der Waals surface area (Å²) in [4.78, 5) is 4.94. The summed E-state index contributed by atoms with van der Waals surface area (Å²) in [5.41, 5.74) is 5.93. The van der Waals surface area contributed by atoms with E-state index in [9.17, 15) is 0 Å². The highest BCUT2D eigenvalue weighted by molar-refractivity contribution is 6.30. The van der Waals surface area contributed by atoms with Gasteiger partial charge < -0.3 is 9.47 Å². The zero-order valence-corrected chi connectivity index (χ0v) is 21.5. The third-order valence-electron chi connectivity index (χ3n) is 7.10. The van der Waals surface area contributed by atoms with Gasteiger partial charge in [0.25, 0.3) is 0 Å². The van der Waals surface area contributed by atoms with E-state index in [1.165, 1.54) is 16.7 Å². The molecule has 0 atom stereocenters. The van der Waals surface area contributed by atoms with Crippen molar-refractivity contribution in [2.75, 3.05) is 26.2 Å². The lowest BCUT2D eigenvalue weighted by Gasteiger charge is -2.32. The van der Waals surface area contributed by atoms with Gasteiger partial charge in [-0.2, -0.15) is 5.10 Å². The molecule has 2 aliphatic rings. The van der Waals surface area contributed by atoms with Gasteiger partial charge in [0.05, 0.1) is 18.4 Å². The normalized spacial score (nSPS) is 17.7. The average molecular weight is 495 g/mol. The first-order chi connectivity index (χ1) is 17.0. The molecule has 0 radical (unpaired) electrons. The van der Waals surface area contributed by atoms with Crippen LogP contribution < -0.4 is 4.74 Å².